The molecule has 3 N–H and O–H groups in total. The van der Waals surface area contributed by atoms with Crippen LogP contribution in [0.5, 0.6) is 0 Å². The Hall–Kier alpha value is -2.02. The molecule has 2 aromatic rings. The smallest absolute Gasteiger partial charge is 0.170 e. The standard InChI is InChI=1S/C14H19N3O3S/c1-2-21(19,20)10-4-8-17-9-7-11-12(14(15)16-18)5-3-6-13(11)17/h3,5-7,9,18H,2,4,8,10H2,1H3,(H2,15,16). The van der Waals surface area contributed by atoms with E-state index in [1.54, 1.807) is 13.0 Å². The van der Waals surface area contributed by atoms with Crippen LogP contribution < -0.4 is 5.73 Å². The number of rotatable bonds is 6. The van der Waals surface area contributed by atoms with Crippen LogP contribution in [0.1, 0.15) is 18.9 Å². The van der Waals surface area contributed by atoms with Crippen LogP contribution >= 0.6 is 0 Å². The summed E-state index contributed by atoms with van der Waals surface area (Å²) >= 11 is 0. The molecule has 0 saturated heterocycles. The largest absolute Gasteiger partial charge is 0.409 e. The maximum atomic E-state index is 11.5. The molecule has 0 fully saturated rings. The van der Waals surface area contributed by atoms with Crippen molar-refractivity contribution in [2.75, 3.05) is 11.5 Å². The van der Waals surface area contributed by atoms with Gasteiger partial charge in [0.25, 0.3) is 0 Å². The number of sulfone groups is 1. The van der Waals surface area contributed by atoms with Crippen LogP contribution in [0, 0.1) is 0 Å². The van der Waals surface area contributed by atoms with Crippen LogP contribution in [0.4, 0.5) is 0 Å². The van der Waals surface area contributed by atoms with Gasteiger partial charge < -0.3 is 15.5 Å². The van der Waals surface area contributed by atoms with Gasteiger partial charge in [-0.3, -0.25) is 0 Å². The molecule has 0 amide bonds. The number of hydrogen-bond acceptors (Lipinski definition) is 4. The maximum Gasteiger partial charge on any atom is 0.170 e. The average molecular weight is 309 g/mol. The Morgan fingerprint density at radius 3 is 2.81 bits per heavy atom. The fraction of sp³-hybridized carbons (Fsp3) is 0.357. The number of benzene rings is 1. The summed E-state index contributed by atoms with van der Waals surface area (Å²) in [6, 6.07) is 7.42. The van der Waals surface area contributed by atoms with E-state index in [1.807, 2.05) is 29.0 Å². The second-order valence-corrected chi connectivity index (χ2v) is 7.30. The van der Waals surface area contributed by atoms with Crippen molar-refractivity contribution in [2.45, 2.75) is 19.9 Å². The van der Waals surface area contributed by atoms with Crippen molar-refractivity contribution in [1.29, 1.82) is 0 Å². The first-order valence-corrected chi connectivity index (χ1v) is 8.57. The van der Waals surface area contributed by atoms with E-state index >= 15 is 0 Å². The lowest BCUT2D eigenvalue weighted by Crippen LogP contribution is -2.13. The lowest BCUT2D eigenvalue weighted by atomic mass is 10.1. The number of nitrogens with two attached hydrogens (primary N) is 1. The third-order valence-electron chi connectivity index (χ3n) is 3.49. The number of fused-ring (bicyclic) bond motifs is 1. The highest BCUT2D eigenvalue weighted by Crippen LogP contribution is 2.20. The third-order valence-corrected chi connectivity index (χ3v) is 5.28. The van der Waals surface area contributed by atoms with Gasteiger partial charge in [0.15, 0.2) is 5.84 Å². The van der Waals surface area contributed by atoms with E-state index in [9.17, 15) is 8.42 Å². The molecule has 0 aliphatic rings. The molecule has 0 unspecified atom stereocenters. The van der Waals surface area contributed by atoms with E-state index in [4.69, 9.17) is 10.9 Å². The van der Waals surface area contributed by atoms with Crippen molar-refractivity contribution in [3.05, 3.63) is 36.0 Å². The van der Waals surface area contributed by atoms with Crippen LogP contribution in [0.3, 0.4) is 0 Å². The molecule has 0 radical (unpaired) electrons. The topological polar surface area (TPSA) is 97.7 Å². The zero-order valence-corrected chi connectivity index (χ0v) is 12.7. The molecule has 1 heterocycles. The highest BCUT2D eigenvalue weighted by molar-refractivity contribution is 7.91. The van der Waals surface area contributed by atoms with Gasteiger partial charge in [0.05, 0.1) is 5.75 Å². The molecule has 0 aliphatic carbocycles. The summed E-state index contributed by atoms with van der Waals surface area (Å²) < 4.78 is 25.0. The van der Waals surface area contributed by atoms with E-state index < -0.39 is 9.84 Å². The molecule has 0 spiro atoms. The fourth-order valence-electron chi connectivity index (χ4n) is 2.29. The van der Waals surface area contributed by atoms with Gasteiger partial charge in [-0.05, 0) is 18.6 Å². The minimum absolute atomic E-state index is 0.0620. The summed E-state index contributed by atoms with van der Waals surface area (Å²) in [7, 11) is -2.94. The van der Waals surface area contributed by atoms with Crippen molar-refractivity contribution in [3.8, 4) is 0 Å². The first-order chi connectivity index (χ1) is 9.98. The van der Waals surface area contributed by atoms with Gasteiger partial charge in [0.2, 0.25) is 0 Å². The Bertz CT molecular complexity index is 763. The molecule has 2 rings (SSSR count). The van der Waals surface area contributed by atoms with Gasteiger partial charge in [0.1, 0.15) is 9.84 Å². The number of nitrogens with zero attached hydrogens (tertiary/aromatic N) is 2. The monoisotopic (exact) mass is 309 g/mol. The minimum Gasteiger partial charge on any atom is -0.409 e. The van der Waals surface area contributed by atoms with Gasteiger partial charge in [0, 0.05) is 35.0 Å². The van der Waals surface area contributed by atoms with Crippen molar-refractivity contribution >= 4 is 26.6 Å². The summed E-state index contributed by atoms with van der Waals surface area (Å²) in [6.45, 7) is 2.27. The molecule has 0 bridgehead atoms. The SMILES string of the molecule is CCS(=O)(=O)CCCn1ccc2c(/C(N)=N/O)cccc21. The normalized spacial score (nSPS) is 12.9. The summed E-state index contributed by atoms with van der Waals surface area (Å²) in [5.74, 6) is 0.419. The molecule has 1 aromatic carbocycles. The summed E-state index contributed by atoms with van der Waals surface area (Å²) in [5, 5.41) is 12.7. The summed E-state index contributed by atoms with van der Waals surface area (Å²) in [5.41, 5.74) is 7.26. The molecule has 0 aliphatic heterocycles. The molecular formula is C14H19N3O3S. The van der Waals surface area contributed by atoms with Gasteiger partial charge in [-0.15, -0.1) is 0 Å². The first kappa shape index (κ1) is 15.4. The van der Waals surface area contributed by atoms with Gasteiger partial charge in [-0.1, -0.05) is 24.2 Å². The molecule has 6 nitrogen and oxygen atoms in total. The number of aromatic nitrogens is 1. The fourth-order valence-corrected chi connectivity index (χ4v) is 3.15. The lowest BCUT2D eigenvalue weighted by molar-refractivity contribution is 0.318. The predicted octanol–water partition coefficient (Wildman–Crippen LogP) is 1.56. The van der Waals surface area contributed by atoms with Crippen LogP contribution in [-0.4, -0.2) is 35.5 Å². The van der Waals surface area contributed by atoms with E-state index in [1.165, 1.54) is 0 Å². The molecule has 7 heteroatoms. The van der Waals surface area contributed by atoms with E-state index in [0.29, 0.717) is 18.5 Å². The van der Waals surface area contributed by atoms with Crippen LogP contribution in [-0.2, 0) is 16.4 Å². The number of amidine groups is 1. The molecular weight excluding hydrogens is 290 g/mol. The third kappa shape index (κ3) is 3.36. The summed E-state index contributed by atoms with van der Waals surface area (Å²) in [6.07, 6.45) is 2.45. The Morgan fingerprint density at radius 1 is 1.38 bits per heavy atom. The van der Waals surface area contributed by atoms with Crippen LogP contribution in [0.25, 0.3) is 10.9 Å². The molecule has 114 valence electrons. The van der Waals surface area contributed by atoms with Crippen molar-refractivity contribution in [3.63, 3.8) is 0 Å². The van der Waals surface area contributed by atoms with Crippen molar-refractivity contribution < 1.29 is 13.6 Å². The average Bonchev–Trinajstić information content (AvgIpc) is 2.89. The Morgan fingerprint density at radius 2 is 2.14 bits per heavy atom. The number of aryl methyl sites for hydroxylation is 1. The molecule has 21 heavy (non-hydrogen) atoms. The van der Waals surface area contributed by atoms with Gasteiger partial charge in [-0.2, -0.15) is 0 Å². The first-order valence-electron chi connectivity index (χ1n) is 6.74. The van der Waals surface area contributed by atoms with Gasteiger partial charge >= 0.3 is 0 Å². The van der Waals surface area contributed by atoms with Crippen molar-refractivity contribution in [1.82, 2.24) is 4.57 Å². The zero-order chi connectivity index (χ0) is 15.5. The lowest BCUT2D eigenvalue weighted by Gasteiger charge is -2.07. The van der Waals surface area contributed by atoms with Gasteiger partial charge in [-0.25, -0.2) is 8.42 Å². The van der Waals surface area contributed by atoms with Crippen molar-refractivity contribution in [2.24, 2.45) is 10.9 Å². The van der Waals surface area contributed by atoms with E-state index in [0.717, 1.165) is 10.9 Å². The molecule has 0 atom stereocenters. The van der Waals surface area contributed by atoms with E-state index in [2.05, 4.69) is 5.16 Å². The predicted molar refractivity (Wildman–Crippen MR) is 83.4 cm³/mol. The Kier molecular flexibility index (Phi) is 4.52. The molecule has 1 aromatic heterocycles. The molecule has 0 saturated carbocycles. The maximum absolute atomic E-state index is 11.5. The second kappa shape index (κ2) is 6.17. The van der Waals surface area contributed by atoms with E-state index in [-0.39, 0.29) is 17.3 Å². The quantitative estimate of drug-likeness (QED) is 0.366. The minimum atomic E-state index is -2.94. The second-order valence-electron chi connectivity index (χ2n) is 4.82. The Balaban J connectivity index is 2.23. The number of hydrogen-bond donors (Lipinski definition) is 2. The highest BCUT2D eigenvalue weighted by atomic mass is 32.2. The Labute approximate surface area is 123 Å². The van der Waals surface area contributed by atoms with Crippen LogP contribution in [0.15, 0.2) is 35.6 Å². The summed E-state index contributed by atoms with van der Waals surface area (Å²) in [4.78, 5) is 0. The number of oxime groups is 1. The van der Waals surface area contributed by atoms with Crippen LogP contribution in [0.2, 0.25) is 0 Å². The highest BCUT2D eigenvalue weighted by Gasteiger charge is 2.10. The zero-order valence-electron chi connectivity index (χ0n) is 11.9.